The maximum Gasteiger partial charge on any atom is 0.305 e. The maximum atomic E-state index is 14.0. The van der Waals surface area contributed by atoms with Crippen LogP contribution in [0.5, 0.6) is 0 Å². The Balaban J connectivity index is 1.76. The number of pyridine rings is 1. The highest BCUT2D eigenvalue weighted by atomic mass is 32.2. The average molecular weight is 346 g/mol. The summed E-state index contributed by atoms with van der Waals surface area (Å²) < 4.78 is 14.0. The molecule has 2 aromatic rings. The molecule has 0 spiro atoms. The molecule has 1 amide bonds. The number of hydrogen-bond donors (Lipinski definition) is 2. The van der Waals surface area contributed by atoms with E-state index in [9.17, 15) is 14.0 Å². The molecule has 0 saturated carbocycles. The Morgan fingerprint density at radius 2 is 2.33 bits per heavy atom. The molecule has 1 unspecified atom stereocenters. The minimum absolute atomic E-state index is 0.186. The molecule has 1 fully saturated rings. The zero-order valence-corrected chi connectivity index (χ0v) is 13.0. The lowest BCUT2D eigenvalue weighted by Gasteiger charge is -2.00. The first-order valence-electron chi connectivity index (χ1n) is 6.87. The van der Waals surface area contributed by atoms with Crippen LogP contribution >= 0.6 is 11.8 Å². The molecule has 0 aliphatic carbocycles. The lowest BCUT2D eigenvalue weighted by molar-refractivity contribution is -0.138. The van der Waals surface area contributed by atoms with Crippen LogP contribution in [0, 0.1) is 5.82 Å². The van der Waals surface area contributed by atoms with Gasteiger partial charge in [0.2, 0.25) is 5.91 Å². The van der Waals surface area contributed by atoms with E-state index < -0.39 is 22.9 Å². The molecule has 1 aromatic carbocycles. The molecule has 9 heteroatoms. The standard InChI is InChI=1S/C15H11FN4O3S/c16-10-5-11-8(2-1-3-17-11)4-9(10)7-18-20-15-19-14(23)12(24-15)6-13(21)22/h1-5,7,12H,6H2,(H,21,22)(H,19,20,23). The van der Waals surface area contributed by atoms with Crippen molar-refractivity contribution in [2.24, 2.45) is 10.2 Å². The first-order chi connectivity index (χ1) is 11.5. The number of fused-ring (bicyclic) bond motifs is 1. The summed E-state index contributed by atoms with van der Waals surface area (Å²) in [5.74, 6) is -1.99. The Kier molecular flexibility index (Phi) is 4.52. The fourth-order valence-electron chi connectivity index (χ4n) is 2.10. The Bertz CT molecular complexity index is 884. The summed E-state index contributed by atoms with van der Waals surface area (Å²) >= 11 is 0.980. The summed E-state index contributed by atoms with van der Waals surface area (Å²) in [4.78, 5) is 26.3. The molecule has 7 nitrogen and oxygen atoms in total. The summed E-state index contributed by atoms with van der Waals surface area (Å²) in [6, 6.07) is 6.44. The zero-order chi connectivity index (χ0) is 17.1. The van der Waals surface area contributed by atoms with Gasteiger partial charge in [0.1, 0.15) is 11.1 Å². The number of rotatable bonds is 4. The monoisotopic (exact) mass is 346 g/mol. The van der Waals surface area contributed by atoms with E-state index in [4.69, 9.17) is 5.11 Å². The number of thioether (sulfide) groups is 1. The number of amides is 1. The minimum atomic E-state index is -1.07. The van der Waals surface area contributed by atoms with Crippen molar-refractivity contribution in [3.63, 3.8) is 0 Å². The molecule has 1 aliphatic heterocycles. The van der Waals surface area contributed by atoms with Crippen LogP contribution in [0.15, 0.2) is 40.7 Å². The number of aromatic nitrogens is 1. The van der Waals surface area contributed by atoms with Gasteiger partial charge in [0.15, 0.2) is 5.17 Å². The highest BCUT2D eigenvalue weighted by molar-refractivity contribution is 8.15. The predicted octanol–water partition coefficient (Wildman–Crippen LogP) is 1.77. The van der Waals surface area contributed by atoms with Crippen molar-refractivity contribution in [3.8, 4) is 0 Å². The Morgan fingerprint density at radius 1 is 1.50 bits per heavy atom. The van der Waals surface area contributed by atoms with E-state index in [0.29, 0.717) is 5.52 Å². The number of carboxylic acids is 1. The molecule has 1 atom stereocenters. The molecule has 1 aliphatic rings. The van der Waals surface area contributed by atoms with Crippen LogP contribution in [-0.2, 0) is 9.59 Å². The summed E-state index contributed by atoms with van der Waals surface area (Å²) in [6.45, 7) is 0. The lowest BCUT2D eigenvalue weighted by atomic mass is 10.1. The molecule has 3 rings (SSSR count). The lowest BCUT2D eigenvalue weighted by Crippen LogP contribution is -2.26. The van der Waals surface area contributed by atoms with Gasteiger partial charge in [-0.3, -0.25) is 14.6 Å². The number of nitrogens with zero attached hydrogens (tertiary/aromatic N) is 3. The molecule has 2 heterocycles. The number of carbonyl (C=O) groups is 2. The van der Waals surface area contributed by atoms with E-state index in [1.165, 1.54) is 12.3 Å². The van der Waals surface area contributed by atoms with E-state index in [0.717, 1.165) is 17.1 Å². The summed E-state index contributed by atoms with van der Waals surface area (Å²) in [5, 5.41) is 18.9. The molecular weight excluding hydrogens is 335 g/mol. The van der Waals surface area contributed by atoms with Gasteiger partial charge < -0.3 is 10.4 Å². The Hall–Kier alpha value is -2.81. The molecule has 24 heavy (non-hydrogen) atoms. The highest BCUT2D eigenvalue weighted by Gasteiger charge is 2.32. The SMILES string of the molecule is O=C(O)CC1SC(=NN=Cc2cc3cccnc3cc2F)NC1=O. The molecule has 122 valence electrons. The van der Waals surface area contributed by atoms with Crippen molar-refractivity contribution in [2.45, 2.75) is 11.7 Å². The summed E-state index contributed by atoms with van der Waals surface area (Å²) in [7, 11) is 0. The number of halogens is 1. The first kappa shape index (κ1) is 16.1. The van der Waals surface area contributed by atoms with Crippen LogP contribution < -0.4 is 5.32 Å². The molecule has 0 bridgehead atoms. The number of aliphatic carboxylic acids is 1. The van der Waals surface area contributed by atoms with Crippen molar-refractivity contribution in [1.82, 2.24) is 10.3 Å². The third-order valence-corrected chi connectivity index (χ3v) is 4.28. The van der Waals surface area contributed by atoms with Crippen molar-refractivity contribution >= 4 is 45.9 Å². The van der Waals surface area contributed by atoms with Gasteiger partial charge in [0.05, 0.1) is 18.2 Å². The summed E-state index contributed by atoms with van der Waals surface area (Å²) in [5.41, 5.74) is 0.768. The number of benzene rings is 1. The number of nitrogens with one attached hydrogen (secondary N) is 1. The van der Waals surface area contributed by atoms with Crippen molar-refractivity contribution < 1.29 is 19.1 Å². The second-order valence-corrected chi connectivity index (χ2v) is 6.10. The molecule has 2 N–H and O–H groups in total. The Morgan fingerprint density at radius 3 is 3.12 bits per heavy atom. The van der Waals surface area contributed by atoms with Gasteiger partial charge in [-0.05, 0) is 12.1 Å². The van der Waals surface area contributed by atoms with Crippen molar-refractivity contribution in [2.75, 3.05) is 0 Å². The fourth-order valence-corrected chi connectivity index (χ4v) is 3.02. The van der Waals surface area contributed by atoms with Gasteiger partial charge >= 0.3 is 5.97 Å². The smallest absolute Gasteiger partial charge is 0.305 e. The van der Waals surface area contributed by atoms with Gasteiger partial charge in [0, 0.05) is 23.2 Å². The highest BCUT2D eigenvalue weighted by Crippen LogP contribution is 2.22. The van der Waals surface area contributed by atoms with Gasteiger partial charge in [-0.2, -0.15) is 5.10 Å². The van der Waals surface area contributed by atoms with Crippen LogP contribution in [-0.4, -0.2) is 38.6 Å². The largest absolute Gasteiger partial charge is 0.481 e. The number of amidine groups is 1. The van der Waals surface area contributed by atoms with Gasteiger partial charge in [-0.25, -0.2) is 4.39 Å². The summed E-state index contributed by atoms with van der Waals surface area (Å²) in [6.07, 6.45) is 2.51. The Labute approximate surface area is 139 Å². The van der Waals surface area contributed by atoms with E-state index in [1.807, 2.05) is 0 Å². The van der Waals surface area contributed by atoms with Gasteiger partial charge in [0.25, 0.3) is 0 Å². The predicted molar refractivity (Wildman–Crippen MR) is 88.5 cm³/mol. The van der Waals surface area contributed by atoms with Crippen LogP contribution in [0.2, 0.25) is 0 Å². The first-order valence-corrected chi connectivity index (χ1v) is 7.75. The second-order valence-electron chi connectivity index (χ2n) is 4.91. The number of carbonyl (C=O) groups excluding carboxylic acids is 1. The van der Waals surface area contributed by atoms with Gasteiger partial charge in [-0.1, -0.05) is 17.8 Å². The van der Waals surface area contributed by atoms with Crippen LogP contribution in [0.1, 0.15) is 12.0 Å². The van der Waals surface area contributed by atoms with Gasteiger partial charge in [-0.15, -0.1) is 5.10 Å². The average Bonchev–Trinajstić information content (AvgIpc) is 2.87. The number of carboxylic acid groups (broad SMARTS) is 1. The third-order valence-electron chi connectivity index (χ3n) is 3.20. The fraction of sp³-hybridized carbons (Fsp3) is 0.133. The van der Waals surface area contributed by atoms with Crippen LogP contribution in [0.4, 0.5) is 4.39 Å². The van der Waals surface area contributed by atoms with Crippen LogP contribution in [0.25, 0.3) is 10.9 Å². The van der Waals surface area contributed by atoms with E-state index in [-0.39, 0.29) is 17.2 Å². The minimum Gasteiger partial charge on any atom is -0.481 e. The normalized spacial score (nSPS) is 19.3. The van der Waals surface area contributed by atoms with E-state index in [2.05, 4.69) is 20.5 Å². The van der Waals surface area contributed by atoms with E-state index in [1.54, 1.807) is 24.4 Å². The number of hydrogen-bond acceptors (Lipinski definition) is 6. The van der Waals surface area contributed by atoms with Crippen molar-refractivity contribution in [1.29, 1.82) is 0 Å². The maximum absolute atomic E-state index is 14.0. The quantitative estimate of drug-likeness (QED) is 0.648. The molecular formula is C15H11FN4O3S. The van der Waals surface area contributed by atoms with Crippen LogP contribution in [0.3, 0.4) is 0 Å². The topological polar surface area (TPSA) is 104 Å². The van der Waals surface area contributed by atoms with E-state index >= 15 is 0 Å². The third kappa shape index (κ3) is 3.57. The molecule has 1 saturated heterocycles. The zero-order valence-electron chi connectivity index (χ0n) is 12.1. The van der Waals surface area contributed by atoms with Crippen molar-refractivity contribution in [3.05, 3.63) is 41.8 Å². The molecule has 1 aromatic heterocycles. The molecule has 0 radical (unpaired) electrons. The second kappa shape index (κ2) is 6.75.